The molecule has 0 aromatic heterocycles. The van der Waals surface area contributed by atoms with Gasteiger partial charge in [-0.3, -0.25) is 0 Å². The lowest BCUT2D eigenvalue weighted by atomic mass is 10.4. The molecule has 0 radical (unpaired) electrons. The fourth-order valence-electron chi connectivity index (χ4n) is 2.10. The summed E-state index contributed by atoms with van der Waals surface area (Å²) >= 11 is 0. The fourth-order valence-corrected chi connectivity index (χ4v) is 3.44. The molecule has 0 aliphatic carbocycles. The molecule has 0 bridgehead atoms. The van der Waals surface area contributed by atoms with Crippen LogP contribution in [-0.4, -0.2) is 87.2 Å². The van der Waals surface area contributed by atoms with Crippen molar-refractivity contribution in [1.29, 1.82) is 0 Å². The van der Waals surface area contributed by atoms with Crippen molar-refractivity contribution >= 4 is 16.1 Å². The Bertz CT molecular complexity index is 401. The molecule has 2 amide bonds. The van der Waals surface area contributed by atoms with Crippen molar-refractivity contribution in [2.24, 2.45) is 0 Å². The predicted octanol–water partition coefficient (Wildman–Crippen LogP) is -0.385. The van der Waals surface area contributed by atoms with E-state index in [0.29, 0.717) is 26.2 Å². The summed E-state index contributed by atoms with van der Waals surface area (Å²) < 4.78 is 25.8. The van der Waals surface area contributed by atoms with Crippen molar-refractivity contribution in [3.8, 4) is 0 Å². The molecule has 0 unspecified atom stereocenters. The van der Waals surface area contributed by atoms with Gasteiger partial charge in [-0.15, -0.1) is 0 Å². The molecular formula is C12H26N4O3S. The van der Waals surface area contributed by atoms with Crippen LogP contribution in [0.25, 0.3) is 0 Å². The zero-order valence-corrected chi connectivity index (χ0v) is 13.4. The van der Waals surface area contributed by atoms with Crippen LogP contribution in [0, 0.1) is 0 Å². The summed E-state index contributed by atoms with van der Waals surface area (Å²) in [4.78, 5) is 15.4. The Labute approximate surface area is 121 Å². The van der Waals surface area contributed by atoms with Crippen molar-refractivity contribution in [2.75, 3.05) is 58.6 Å². The van der Waals surface area contributed by atoms with Crippen molar-refractivity contribution < 1.29 is 13.2 Å². The second-order valence-corrected chi connectivity index (χ2v) is 7.01. The number of hydrogen-bond acceptors (Lipinski definition) is 4. The average Bonchev–Trinajstić information content (AvgIpc) is 2.40. The zero-order chi connectivity index (χ0) is 15.2. The van der Waals surface area contributed by atoms with Crippen LogP contribution in [0.5, 0.6) is 0 Å². The van der Waals surface area contributed by atoms with Crippen LogP contribution in [-0.2, 0) is 10.0 Å². The van der Waals surface area contributed by atoms with E-state index >= 15 is 0 Å². The Morgan fingerprint density at radius 2 is 1.70 bits per heavy atom. The Morgan fingerprint density at radius 1 is 1.15 bits per heavy atom. The van der Waals surface area contributed by atoms with Crippen molar-refractivity contribution in [3.63, 3.8) is 0 Å². The quantitative estimate of drug-likeness (QED) is 0.726. The molecule has 0 atom stereocenters. The van der Waals surface area contributed by atoms with Gasteiger partial charge in [-0.05, 0) is 20.9 Å². The van der Waals surface area contributed by atoms with Gasteiger partial charge < -0.3 is 15.1 Å². The van der Waals surface area contributed by atoms with E-state index in [0.717, 1.165) is 13.1 Å². The number of sulfonamides is 1. The number of nitrogens with zero attached hydrogens (tertiary/aromatic N) is 3. The first kappa shape index (κ1) is 17.2. The number of urea groups is 1. The van der Waals surface area contributed by atoms with E-state index in [9.17, 15) is 13.2 Å². The monoisotopic (exact) mass is 306 g/mol. The second-order valence-electron chi connectivity index (χ2n) is 4.92. The van der Waals surface area contributed by atoms with Crippen LogP contribution in [0.3, 0.4) is 0 Å². The van der Waals surface area contributed by atoms with Crippen LogP contribution in [0.1, 0.15) is 13.8 Å². The molecule has 1 fully saturated rings. The molecule has 1 saturated heterocycles. The third-order valence-electron chi connectivity index (χ3n) is 3.54. The van der Waals surface area contributed by atoms with E-state index < -0.39 is 10.0 Å². The van der Waals surface area contributed by atoms with Crippen LogP contribution < -0.4 is 5.32 Å². The minimum Gasteiger partial charge on any atom is -0.337 e. The number of carbonyl (C=O) groups is 1. The van der Waals surface area contributed by atoms with Crippen molar-refractivity contribution in [2.45, 2.75) is 13.8 Å². The molecule has 20 heavy (non-hydrogen) atoms. The van der Waals surface area contributed by atoms with Gasteiger partial charge in [0.25, 0.3) is 0 Å². The lowest BCUT2D eigenvalue weighted by Crippen LogP contribution is -2.49. The number of rotatable bonds is 6. The Kier molecular flexibility index (Phi) is 6.70. The van der Waals surface area contributed by atoms with Crippen LogP contribution in [0.4, 0.5) is 4.79 Å². The van der Waals surface area contributed by atoms with Gasteiger partial charge in [-0.25, -0.2) is 13.2 Å². The minimum absolute atomic E-state index is 0.0380. The highest BCUT2D eigenvalue weighted by Gasteiger charge is 2.25. The van der Waals surface area contributed by atoms with E-state index in [1.165, 1.54) is 4.31 Å². The van der Waals surface area contributed by atoms with Crippen molar-refractivity contribution in [3.05, 3.63) is 0 Å². The van der Waals surface area contributed by atoms with Gasteiger partial charge in [0.2, 0.25) is 10.0 Å². The largest absolute Gasteiger partial charge is 0.337 e. The fraction of sp³-hybridized carbons (Fsp3) is 0.917. The molecule has 1 aliphatic heterocycles. The summed E-state index contributed by atoms with van der Waals surface area (Å²) in [6.07, 6.45) is 0. The van der Waals surface area contributed by atoms with Crippen molar-refractivity contribution in [1.82, 2.24) is 19.4 Å². The number of nitrogens with one attached hydrogen (secondary N) is 1. The Balaban J connectivity index is 2.38. The number of carbonyl (C=O) groups excluding carboxylic acids is 1. The lowest BCUT2D eigenvalue weighted by molar-refractivity contribution is 0.204. The lowest BCUT2D eigenvalue weighted by Gasteiger charge is -2.31. The Morgan fingerprint density at radius 3 is 2.20 bits per heavy atom. The maximum absolute atomic E-state index is 12.1. The molecular weight excluding hydrogens is 280 g/mol. The van der Waals surface area contributed by atoms with Gasteiger partial charge in [0, 0.05) is 45.8 Å². The first-order valence-corrected chi connectivity index (χ1v) is 8.70. The third kappa shape index (κ3) is 4.92. The van der Waals surface area contributed by atoms with Gasteiger partial charge in [-0.1, -0.05) is 0 Å². The highest BCUT2D eigenvalue weighted by atomic mass is 32.2. The summed E-state index contributed by atoms with van der Waals surface area (Å²) in [5.74, 6) is -0.0380. The normalized spacial score (nSPS) is 17.9. The average molecular weight is 306 g/mol. The van der Waals surface area contributed by atoms with E-state index in [1.54, 1.807) is 4.90 Å². The summed E-state index contributed by atoms with van der Waals surface area (Å²) in [5, 5.41) is 2.66. The maximum atomic E-state index is 12.1. The number of amides is 2. The van der Waals surface area contributed by atoms with Gasteiger partial charge in [-0.2, -0.15) is 4.31 Å². The molecule has 0 aromatic rings. The number of piperazine rings is 1. The summed E-state index contributed by atoms with van der Waals surface area (Å²) in [7, 11) is -1.29. The third-order valence-corrected chi connectivity index (χ3v) is 5.41. The Hall–Kier alpha value is -0.860. The molecule has 8 heteroatoms. The highest BCUT2D eigenvalue weighted by molar-refractivity contribution is 7.89. The number of hydrogen-bond donors (Lipinski definition) is 1. The second kappa shape index (κ2) is 7.80. The molecule has 0 saturated carbocycles. The minimum atomic E-state index is -3.27. The van der Waals surface area contributed by atoms with E-state index in [1.807, 2.05) is 20.9 Å². The maximum Gasteiger partial charge on any atom is 0.317 e. The van der Waals surface area contributed by atoms with E-state index in [-0.39, 0.29) is 18.3 Å². The first-order valence-electron chi connectivity index (χ1n) is 7.09. The van der Waals surface area contributed by atoms with Gasteiger partial charge in [0.05, 0.1) is 5.75 Å². The molecule has 7 nitrogen and oxygen atoms in total. The molecule has 1 rings (SSSR count). The van der Waals surface area contributed by atoms with E-state index in [4.69, 9.17) is 0 Å². The summed E-state index contributed by atoms with van der Waals surface area (Å²) in [6, 6.07) is -0.205. The van der Waals surface area contributed by atoms with Gasteiger partial charge in [0.1, 0.15) is 0 Å². The molecule has 0 spiro atoms. The number of likely N-dealkylation sites (N-methyl/N-ethyl adjacent to an activating group) is 1. The molecule has 1 N–H and O–H groups in total. The molecule has 0 aromatic carbocycles. The molecule has 1 heterocycles. The highest BCUT2D eigenvalue weighted by Crippen LogP contribution is 2.06. The van der Waals surface area contributed by atoms with Crippen LogP contribution in [0.15, 0.2) is 0 Å². The van der Waals surface area contributed by atoms with Crippen LogP contribution >= 0.6 is 0 Å². The van der Waals surface area contributed by atoms with Gasteiger partial charge >= 0.3 is 6.03 Å². The summed E-state index contributed by atoms with van der Waals surface area (Å²) in [5.41, 5.74) is 0. The zero-order valence-electron chi connectivity index (χ0n) is 12.6. The predicted molar refractivity (Wildman–Crippen MR) is 79.2 cm³/mol. The van der Waals surface area contributed by atoms with Gasteiger partial charge in [0.15, 0.2) is 0 Å². The summed E-state index contributed by atoms with van der Waals surface area (Å²) in [6.45, 7) is 7.75. The van der Waals surface area contributed by atoms with E-state index in [2.05, 4.69) is 10.2 Å². The molecule has 118 valence electrons. The standard InChI is InChI=1S/C12H26N4O3S/c1-4-15(5-2)12(17)13-6-11-20(18,19)16-9-7-14(3)8-10-16/h4-11H2,1-3H3,(H,13,17). The smallest absolute Gasteiger partial charge is 0.317 e. The topological polar surface area (TPSA) is 73.0 Å². The SMILES string of the molecule is CCN(CC)C(=O)NCCS(=O)(=O)N1CCN(C)CC1. The first-order chi connectivity index (χ1) is 9.40. The van der Waals surface area contributed by atoms with Crippen LogP contribution in [0.2, 0.25) is 0 Å². The molecule has 1 aliphatic rings.